The first-order chi connectivity index (χ1) is 17.2. The Labute approximate surface area is 213 Å². The highest BCUT2D eigenvalue weighted by Crippen LogP contribution is 2.69. The van der Waals surface area contributed by atoms with Crippen molar-refractivity contribution in [2.75, 3.05) is 20.3 Å². The molecule has 2 aromatic carbocycles. The third-order valence-electron chi connectivity index (χ3n) is 9.43. The first kappa shape index (κ1) is 24.8. The predicted octanol–water partition coefficient (Wildman–Crippen LogP) is 4.67. The summed E-state index contributed by atoms with van der Waals surface area (Å²) in [4.78, 5) is 30.0. The summed E-state index contributed by atoms with van der Waals surface area (Å²) in [5, 5.41) is 0. The zero-order valence-electron chi connectivity index (χ0n) is 22.0. The Morgan fingerprint density at radius 1 is 0.972 bits per heavy atom. The smallest absolute Gasteiger partial charge is 0.325 e. The van der Waals surface area contributed by atoms with Crippen molar-refractivity contribution >= 4 is 11.9 Å². The van der Waals surface area contributed by atoms with E-state index in [0.29, 0.717) is 19.4 Å². The molecule has 192 valence electrons. The van der Waals surface area contributed by atoms with E-state index in [-0.39, 0.29) is 36.1 Å². The van der Waals surface area contributed by atoms with Gasteiger partial charge in [0.25, 0.3) is 0 Å². The normalized spacial score (nSPS) is 29.8. The van der Waals surface area contributed by atoms with E-state index >= 15 is 0 Å². The van der Waals surface area contributed by atoms with E-state index in [2.05, 4.69) is 43.0 Å². The summed E-state index contributed by atoms with van der Waals surface area (Å²) in [5.74, 6) is -0.0731. The summed E-state index contributed by atoms with van der Waals surface area (Å²) in [7, 11) is 1.69. The van der Waals surface area contributed by atoms with Crippen LogP contribution >= 0.6 is 0 Å². The molecule has 6 nitrogen and oxygen atoms in total. The van der Waals surface area contributed by atoms with E-state index < -0.39 is 17.4 Å². The fourth-order valence-corrected chi connectivity index (χ4v) is 7.53. The maximum absolute atomic E-state index is 13.8. The molecule has 0 aromatic heterocycles. The van der Waals surface area contributed by atoms with Gasteiger partial charge in [-0.1, -0.05) is 50.2 Å². The van der Waals surface area contributed by atoms with Gasteiger partial charge in [0.05, 0.1) is 20.3 Å². The first-order valence-corrected chi connectivity index (χ1v) is 13.1. The largest absolute Gasteiger partial charge is 0.497 e. The Kier molecular flexibility index (Phi) is 6.14. The van der Waals surface area contributed by atoms with E-state index in [1.54, 1.807) is 21.0 Å². The predicted molar refractivity (Wildman–Crippen MR) is 137 cm³/mol. The Bertz CT molecular complexity index is 1150. The van der Waals surface area contributed by atoms with Crippen molar-refractivity contribution in [2.24, 2.45) is 10.8 Å². The molecule has 2 saturated heterocycles. The molecule has 2 aliphatic heterocycles. The van der Waals surface area contributed by atoms with Gasteiger partial charge in [0, 0.05) is 24.0 Å². The van der Waals surface area contributed by atoms with Gasteiger partial charge in [-0.05, 0) is 67.3 Å². The van der Waals surface area contributed by atoms with E-state index in [0.717, 1.165) is 17.7 Å². The van der Waals surface area contributed by atoms with Gasteiger partial charge in [-0.3, -0.25) is 14.5 Å². The van der Waals surface area contributed by atoms with Gasteiger partial charge in [0.1, 0.15) is 5.75 Å². The third-order valence-corrected chi connectivity index (χ3v) is 9.43. The molecule has 4 atom stereocenters. The Balaban J connectivity index is 1.71. The molecule has 0 radical (unpaired) electrons. The van der Waals surface area contributed by atoms with Crippen molar-refractivity contribution in [2.45, 2.75) is 71.0 Å². The van der Waals surface area contributed by atoms with Crippen LogP contribution in [0.4, 0.5) is 0 Å². The number of piperidine rings is 2. The lowest BCUT2D eigenvalue weighted by Gasteiger charge is -2.72. The van der Waals surface area contributed by atoms with E-state index in [4.69, 9.17) is 14.2 Å². The molecule has 4 aliphatic rings. The molecule has 4 bridgehead atoms. The zero-order valence-corrected chi connectivity index (χ0v) is 22.0. The number of benzene rings is 2. The molecule has 1 saturated carbocycles. The summed E-state index contributed by atoms with van der Waals surface area (Å²) >= 11 is 0. The second-order valence-electron chi connectivity index (χ2n) is 11.0. The van der Waals surface area contributed by atoms with Gasteiger partial charge >= 0.3 is 11.9 Å². The number of nitrogens with zero attached hydrogens (tertiary/aromatic N) is 1. The Hall–Kier alpha value is -2.86. The van der Waals surface area contributed by atoms with Crippen molar-refractivity contribution in [1.82, 2.24) is 4.90 Å². The fraction of sp³-hybridized carbons (Fsp3) is 0.533. The van der Waals surface area contributed by atoms with Gasteiger partial charge in [0.15, 0.2) is 5.41 Å². The maximum atomic E-state index is 13.8. The molecule has 0 N–H and O–H groups in total. The Morgan fingerprint density at radius 2 is 1.64 bits per heavy atom. The third kappa shape index (κ3) is 3.33. The minimum Gasteiger partial charge on any atom is -0.497 e. The molecule has 2 aliphatic carbocycles. The first-order valence-electron chi connectivity index (χ1n) is 13.1. The summed E-state index contributed by atoms with van der Waals surface area (Å²) in [6, 6.07) is 16.5. The number of ether oxygens (including phenoxy) is 3. The monoisotopic (exact) mass is 491 g/mol. The van der Waals surface area contributed by atoms with Gasteiger partial charge in [-0.2, -0.15) is 0 Å². The van der Waals surface area contributed by atoms with Crippen LogP contribution in [0.15, 0.2) is 48.5 Å². The lowest BCUT2D eigenvalue weighted by molar-refractivity contribution is -0.225. The molecule has 2 heterocycles. The standard InChI is InChI=1S/C30H37NO5/c1-6-35-26(32)30(27(33)36-7-2)19-29(4)24-15-21-13-14-22(34-5)16-23(21)28(29,3)17-25(30)31(24)18-20-11-9-8-10-12-20/h8-14,16,24-25H,6-7,15,17-19H2,1-5H3. The highest BCUT2D eigenvalue weighted by Gasteiger charge is 2.75. The van der Waals surface area contributed by atoms with Gasteiger partial charge in [-0.25, -0.2) is 0 Å². The molecule has 0 spiro atoms. The van der Waals surface area contributed by atoms with Crippen LogP contribution in [0.2, 0.25) is 0 Å². The van der Waals surface area contributed by atoms with Crippen molar-refractivity contribution in [3.8, 4) is 5.75 Å². The van der Waals surface area contributed by atoms with E-state index in [9.17, 15) is 9.59 Å². The number of rotatable bonds is 7. The number of carbonyl (C=O) groups is 2. The lowest BCUT2D eigenvalue weighted by atomic mass is 9.39. The number of hydrogen-bond donors (Lipinski definition) is 0. The number of methoxy groups -OCH3 is 1. The average molecular weight is 492 g/mol. The van der Waals surface area contributed by atoms with Crippen LogP contribution in [0.1, 0.15) is 57.2 Å². The SMILES string of the molecule is CCOC(=O)C1(C(=O)OCC)CC2(C)C3Cc4ccc(OC)cc4C2(C)CC1N3Cc1ccccc1. The summed E-state index contributed by atoms with van der Waals surface area (Å²) in [6.45, 7) is 9.27. The van der Waals surface area contributed by atoms with Crippen molar-refractivity contribution in [3.05, 3.63) is 65.2 Å². The number of hydrogen-bond acceptors (Lipinski definition) is 6. The number of carbonyl (C=O) groups excluding carboxylic acids is 2. The van der Waals surface area contributed by atoms with Gasteiger partial charge in [0.2, 0.25) is 0 Å². The molecule has 2 aromatic rings. The average Bonchev–Trinajstić information content (AvgIpc) is 2.87. The second-order valence-corrected chi connectivity index (χ2v) is 11.0. The molecule has 3 fully saturated rings. The molecule has 6 rings (SSSR count). The van der Waals surface area contributed by atoms with Crippen molar-refractivity contribution < 1.29 is 23.8 Å². The number of esters is 2. The summed E-state index contributed by atoms with van der Waals surface area (Å²) < 4.78 is 16.8. The molecular formula is C30H37NO5. The van der Waals surface area contributed by atoms with Crippen LogP contribution in [-0.4, -0.2) is 49.2 Å². The molecule has 4 unspecified atom stereocenters. The minimum absolute atomic E-state index is 0.166. The summed E-state index contributed by atoms with van der Waals surface area (Å²) in [5.41, 5.74) is 1.79. The molecule has 0 amide bonds. The quantitative estimate of drug-likeness (QED) is 0.414. The lowest BCUT2D eigenvalue weighted by Crippen LogP contribution is -2.79. The minimum atomic E-state index is -1.36. The van der Waals surface area contributed by atoms with Gasteiger partial charge in [-0.15, -0.1) is 0 Å². The van der Waals surface area contributed by atoms with Gasteiger partial charge < -0.3 is 14.2 Å². The van der Waals surface area contributed by atoms with Crippen molar-refractivity contribution in [1.29, 1.82) is 0 Å². The molecule has 36 heavy (non-hydrogen) atoms. The second kappa shape index (κ2) is 8.91. The number of fused-ring (bicyclic) bond motifs is 2. The highest BCUT2D eigenvalue weighted by molar-refractivity contribution is 6.01. The Morgan fingerprint density at radius 3 is 2.25 bits per heavy atom. The summed E-state index contributed by atoms with van der Waals surface area (Å²) in [6.07, 6.45) is 1.92. The van der Waals surface area contributed by atoms with Crippen LogP contribution < -0.4 is 4.74 Å². The topological polar surface area (TPSA) is 65.1 Å². The molecular weight excluding hydrogens is 454 g/mol. The van der Waals surface area contributed by atoms with Crippen LogP contribution in [-0.2, 0) is 37.4 Å². The fourth-order valence-electron chi connectivity index (χ4n) is 7.53. The van der Waals surface area contributed by atoms with E-state index in [1.807, 2.05) is 24.3 Å². The zero-order chi connectivity index (χ0) is 25.7. The van der Waals surface area contributed by atoms with Crippen LogP contribution in [0.5, 0.6) is 5.75 Å². The van der Waals surface area contributed by atoms with E-state index in [1.165, 1.54) is 11.1 Å². The van der Waals surface area contributed by atoms with Crippen LogP contribution in [0, 0.1) is 10.8 Å². The highest BCUT2D eigenvalue weighted by atomic mass is 16.6. The van der Waals surface area contributed by atoms with Crippen molar-refractivity contribution in [3.63, 3.8) is 0 Å². The molecule has 6 heteroatoms. The maximum Gasteiger partial charge on any atom is 0.325 e. The van der Waals surface area contributed by atoms with Crippen LogP contribution in [0.25, 0.3) is 0 Å². The van der Waals surface area contributed by atoms with Crippen LogP contribution in [0.3, 0.4) is 0 Å².